The summed E-state index contributed by atoms with van der Waals surface area (Å²) >= 11 is 0. The van der Waals surface area contributed by atoms with Crippen LogP contribution < -0.4 is 5.32 Å². The summed E-state index contributed by atoms with van der Waals surface area (Å²) in [6, 6.07) is 2.26. The van der Waals surface area contributed by atoms with E-state index in [1.165, 1.54) is 19.3 Å². The summed E-state index contributed by atoms with van der Waals surface area (Å²) in [7, 11) is 0. The van der Waals surface area contributed by atoms with Gasteiger partial charge in [-0.3, -0.25) is 0 Å². The van der Waals surface area contributed by atoms with Gasteiger partial charge in [0.1, 0.15) is 0 Å². The molecule has 0 aliphatic heterocycles. The van der Waals surface area contributed by atoms with Crippen LogP contribution in [-0.4, -0.2) is 24.4 Å². The number of rotatable bonds is 6. The molecule has 1 saturated carbocycles. The van der Waals surface area contributed by atoms with Crippen molar-refractivity contribution in [1.82, 2.24) is 5.32 Å². The Labute approximate surface area is 117 Å². The molecule has 5 heteroatoms. The molecule has 1 aromatic rings. The highest BCUT2D eigenvalue weighted by Gasteiger charge is 2.13. The summed E-state index contributed by atoms with van der Waals surface area (Å²) in [5.41, 5.74) is 0.468. The van der Waals surface area contributed by atoms with Crippen molar-refractivity contribution in [3.8, 4) is 5.75 Å². The van der Waals surface area contributed by atoms with E-state index in [9.17, 15) is 8.78 Å². The molecule has 3 nitrogen and oxygen atoms in total. The highest BCUT2D eigenvalue weighted by Crippen LogP contribution is 2.21. The van der Waals surface area contributed by atoms with E-state index >= 15 is 0 Å². The van der Waals surface area contributed by atoms with Gasteiger partial charge < -0.3 is 15.2 Å². The molecule has 0 heterocycles. The summed E-state index contributed by atoms with van der Waals surface area (Å²) in [5, 5.41) is 12.1. The maximum atomic E-state index is 13.1. The first-order valence-corrected chi connectivity index (χ1v) is 7.16. The number of phenolic OH excluding ortho intramolecular Hbond substituents is 1. The molecule has 1 aromatic carbocycles. The number of aromatic hydroxyl groups is 1. The first-order chi connectivity index (χ1) is 9.66. The van der Waals surface area contributed by atoms with E-state index in [1.54, 1.807) is 0 Å². The second-order valence-corrected chi connectivity index (χ2v) is 5.22. The van der Waals surface area contributed by atoms with Crippen LogP contribution in [-0.2, 0) is 11.3 Å². The van der Waals surface area contributed by atoms with Gasteiger partial charge in [0.05, 0.1) is 12.7 Å². The van der Waals surface area contributed by atoms with E-state index in [4.69, 9.17) is 9.84 Å². The standard InChI is InChI=1S/C15H21F2NO2/c16-13-8-11(9-14(17)15(13)19)10-18-6-7-20-12-4-2-1-3-5-12/h8-9,12,18-19H,1-7,10H2. The second kappa shape index (κ2) is 7.55. The van der Waals surface area contributed by atoms with Crippen molar-refractivity contribution in [1.29, 1.82) is 0 Å². The zero-order valence-electron chi connectivity index (χ0n) is 11.5. The molecule has 0 amide bonds. The monoisotopic (exact) mass is 285 g/mol. The van der Waals surface area contributed by atoms with E-state index in [2.05, 4.69) is 5.32 Å². The molecule has 1 aliphatic carbocycles. The third kappa shape index (κ3) is 4.42. The van der Waals surface area contributed by atoms with Crippen LogP contribution in [0.25, 0.3) is 0 Å². The lowest BCUT2D eigenvalue weighted by Gasteiger charge is -2.22. The largest absolute Gasteiger partial charge is 0.503 e. The van der Waals surface area contributed by atoms with Crippen LogP contribution in [0.1, 0.15) is 37.7 Å². The first-order valence-electron chi connectivity index (χ1n) is 7.16. The Balaban J connectivity index is 1.65. The molecule has 0 spiro atoms. The molecule has 112 valence electrons. The molecule has 0 radical (unpaired) electrons. The average molecular weight is 285 g/mol. The fraction of sp³-hybridized carbons (Fsp3) is 0.600. The summed E-state index contributed by atoms with van der Waals surface area (Å²) < 4.78 is 32.0. The predicted molar refractivity (Wildman–Crippen MR) is 72.6 cm³/mol. The van der Waals surface area contributed by atoms with Crippen molar-refractivity contribution in [2.45, 2.75) is 44.8 Å². The van der Waals surface area contributed by atoms with Crippen LogP contribution in [0.5, 0.6) is 5.75 Å². The number of hydrogen-bond donors (Lipinski definition) is 2. The van der Waals surface area contributed by atoms with Gasteiger partial charge in [-0.25, -0.2) is 8.78 Å². The van der Waals surface area contributed by atoms with Crippen molar-refractivity contribution in [3.63, 3.8) is 0 Å². The molecule has 1 fully saturated rings. The van der Waals surface area contributed by atoms with Gasteiger partial charge in [0.25, 0.3) is 0 Å². The van der Waals surface area contributed by atoms with E-state index in [1.807, 2.05) is 0 Å². The Morgan fingerprint density at radius 3 is 2.45 bits per heavy atom. The van der Waals surface area contributed by atoms with Crippen LogP contribution in [0.3, 0.4) is 0 Å². The molecule has 20 heavy (non-hydrogen) atoms. The van der Waals surface area contributed by atoms with Crippen molar-refractivity contribution in [2.75, 3.05) is 13.2 Å². The first kappa shape index (κ1) is 15.2. The van der Waals surface area contributed by atoms with Crippen LogP contribution in [0.4, 0.5) is 8.78 Å². The van der Waals surface area contributed by atoms with E-state index in [-0.39, 0.29) is 0 Å². The third-order valence-corrected chi connectivity index (χ3v) is 3.59. The Morgan fingerprint density at radius 1 is 1.15 bits per heavy atom. The summed E-state index contributed by atoms with van der Waals surface area (Å²) in [5.74, 6) is -2.78. The summed E-state index contributed by atoms with van der Waals surface area (Å²) in [6.07, 6.45) is 6.42. The quantitative estimate of drug-likeness (QED) is 0.789. The van der Waals surface area contributed by atoms with Crippen molar-refractivity contribution >= 4 is 0 Å². The second-order valence-electron chi connectivity index (χ2n) is 5.22. The highest BCUT2D eigenvalue weighted by molar-refractivity contribution is 5.29. The van der Waals surface area contributed by atoms with Crippen molar-refractivity contribution in [3.05, 3.63) is 29.3 Å². The molecule has 1 aliphatic rings. The fourth-order valence-corrected chi connectivity index (χ4v) is 2.48. The SMILES string of the molecule is Oc1c(F)cc(CNCCOC2CCCCC2)cc1F. The number of nitrogens with one attached hydrogen (secondary N) is 1. The number of ether oxygens (including phenoxy) is 1. The minimum Gasteiger partial charge on any atom is -0.503 e. The van der Waals surface area contributed by atoms with Crippen LogP contribution >= 0.6 is 0 Å². The molecule has 2 rings (SSSR count). The molecule has 0 aromatic heterocycles. The lowest BCUT2D eigenvalue weighted by molar-refractivity contribution is 0.0302. The van der Waals surface area contributed by atoms with Gasteiger partial charge >= 0.3 is 0 Å². The van der Waals surface area contributed by atoms with Gasteiger partial charge in [0.2, 0.25) is 0 Å². The van der Waals surface area contributed by atoms with Gasteiger partial charge in [-0.15, -0.1) is 0 Å². The van der Waals surface area contributed by atoms with Gasteiger partial charge in [-0.05, 0) is 30.5 Å². The summed E-state index contributed by atoms with van der Waals surface area (Å²) in [6.45, 7) is 1.59. The molecular formula is C15H21F2NO2. The number of phenols is 1. The number of halogens is 2. The predicted octanol–water partition coefficient (Wildman–Crippen LogP) is 3.11. The van der Waals surface area contributed by atoms with E-state index < -0.39 is 17.4 Å². The lowest BCUT2D eigenvalue weighted by Crippen LogP contribution is -2.24. The zero-order chi connectivity index (χ0) is 14.4. The highest BCUT2D eigenvalue weighted by atomic mass is 19.1. The topological polar surface area (TPSA) is 41.5 Å². The average Bonchev–Trinajstić information content (AvgIpc) is 2.45. The van der Waals surface area contributed by atoms with Crippen molar-refractivity contribution in [2.24, 2.45) is 0 Å². The van der Waals surface area contributed by atoms with Crippen LogP contribution in [0.15, 0.2) is 12.1 Å². The van der Waals surface area contributed by atoms with Crippen LogP contribution in [0.2, 0.25) is 0 Å². The van der Waals surface area contributed by atoms with E-state index in [0.717, 1.165) is 25.0 Å². The minimum atomic E-state index is -0.930. The maximum absolute atomic E-state index is 13.1. The third-order valence-electron chi connectivity index (χ3n) is 3.59. The zero-order valence-corrected chi connectivity index (χ0v) is 11.5. The van der Waals surface area contributed by atoms with Gasteiger partial charge in [-0.2, -0.15) is 0 Å². The maximum Gasteiger partial charge on any atom is 0.187 e. The Bertz CT molecular complexity index is 411. The Hall–Kier alpha value is -1.20. The Morgan fingerprint density at radius 2 is 1.80 bits per heavy atom. The lowest BCUT2D eigenvalue weighted by atomic mass is 9.98. The summed E-state index contributed by atoms with van der Waals surface area (Å²) in [4.78, 5) is 0. The fourth-order valence-electron chi connectivity index (χ4n) is 2.48. The molecule has 0 bridgehead atoms. The van der Waals surface area contributed by atoms with E-state index in [0.29, 0.717) is 31.4 Å². The molecule has 0 atom stereocenters. The number of hydrogen-bond acceptors (Lipinski definition) is 3. The smallest absolute Gasteiger partial charge is 0.187 e. The molecule has 2 N–H and O–H groups in total. The Kier molecular flexibility index (Phi) is 5.73. The van der Waals surface area contributed by atoms with Crippen LogP contribution in [0, 0.1) is 11.6 Å². The molecule has 0 saturated heterocycles. The van der Waals surface area contributed by atoms with Crippen molar-refractivity contribution < 1.29 is 18.6 Å². The molecule has 0 unspecified atom stereocenters. The molecular weight excluding hydrogens is 264 g/mol. The normalized spacial score (nSPS) is 16.5. The van der Waals surface area contributed by atoms with Gasteiger partial charge in [0, 0.05) is 13.1 Å². The number of benzene rings is 1. The van der Waals surface area contributed by atoms with Gasteiger partial charge in [0.15, 0.2) is 17.4 Å². The minimum absolute atomic E-state index is 0.349. The van der Waals surface area contributed by atoms with Gasteiger partial charge in [-0.1, -0.05) is 19.3 Å².